The second-order valence-corrected chi connectivity index (χ2v) is 8.66. The smallest absolute Gasteiger partial charge is 0.258 e. The van der Waals surface area contributed by atoms with Crippen molar-refractivity contribution >= 4 is 34.4 Å². The van der Waals surface area contributed by atoms with E-state index in [-0.39, 0.29) is 17.5 Å². The molecule has 3 aromatic heterocycles. The molecule has 0 bridgehead atoms. The van der Waals surface area contributed by atoms with Crippen molar-refractivity contribution in [2.24, 2.45) is 0 Å². The van der Waals surface area contributed by atoms with Gasteiger partial charge in [-0.05, 0) is 44.5 Å². The molecule has 3 N–H and O–H groups in total. The topological polar surface area (TPSA) is 102 Å². The molecule has 4 aromatic rings. The average molecular weight is 451 g/mol. The molecule has 9 heteroatoms. The molecular formula is C23H23ClN6O2. The van der Waals surface area contributed by atoms with Crippen LogP contribution in [0.1, 0.15) is 32.9 Å². The van der Waals surface area contributed by atoms with Crippen molar-refractivity contribution in [1.82, 2.24) is 24.2 Å². The third-order valence-electron chi connectivity index (χ3n) is 6.06. The molecule has 32 heavy (non-hydrogen) atoms. The Hall–Kier alpha value is -3.52. The Morgan fingerprint density at radius 3 is 2.75 bits per heavy atom. The number of aromatic hydroxyl groups is 1. The van der Waals surface area contributed by atoms with Gasteiger partial charge in [0.15, 0.2) is 0 Å². The molecule has 0 radical (unpaired) electrons. The lowest BCUT2D eigenvalue weighted by molar-refractivity contribution is 0.0709. The van der Waals surface area contributed by atoms with E-state index in [1.807, 2.05) is 37.6 Å². The van der Waals surface area contributed by atoms with E-state index in [0.717, 1.165) is 17.0 Å². The monoisotopic (exact) mass is 450 g/mol. The number of halogens is 1. The molecule has 0 saturated carbocycles. The van der Waals surface area contributed by atoms with Crippen LogP contribution in [0.3, 0.4) is 0 Å². The summed E-state index contributed by atoms with van der Waals surface area (Å²) in [6.07, 6.45) is 1.53. The van der Waals surface area contributed by atoms with Crippen LogP contribution in [0.2, 0.25) is 5.02 Å². The van der Waals surface area contributed by atoms with E-state index >= 15 is 0 Å². The van der Waals surface area contributed by atoms with E-state index in [1.54, 1.807) is 21.6 Å². The maximum Gasteiger partial charge on any atom is 0.258 e. The maximum absolute atomic E-state index is 13.7. The highest BCUT2D eigenvalue weighted by Gasteiger charge is 2.30. The minimum atomic E-state index is -0.184. The van der Waals surface area contributed by atoms with Gasteiger partial charge in [-0.3, -0.25) is 14.0 Å². The van der Waals surface area contributed by atoms with E-state index in [9.17, 15) is 9.90 Å². The molecule has 0 unspecified atom stereocenters. The molecule has 164 valence electrons. The number of phenols is 1. The zero-order chi connectivity index (χ0) is 22.7. The summed E-state index contributed by atoms with van der Waals surface area (Å²) < 4.78 is 3.67. The summed E-state index contributed by atoms with van der Waals surface area (Å²) in [7, 11) is 0. The van der Waals surface area contributed by atoms with E-state index < -0.39 is 0 Å². The third kappa shape index (κ3) is 3.02. The molecule has 1 aliphatic heterocycles. The first-order valence-corrected chi connectivity index (χ1v) is 10.7. The number of nitrogen functional groups attached to an aromatic ring is 1. The average Bonchev–Trinajstić information content (AvgIpc) is 3.26. The Morgan fingerprint density at radius 1 is 1.19 bits per heavy atom. The van der Waals surface area contributed by atoms with Crippen LogP contribution >= 0.6 is 11.6 Å². The molecule has 1 aliphatic rings. The lowest BCUT2D eigenvalue weighted by Crippen LogP contribution is -2.38. The standard InChI is InChI=1S/C23H23ClN6O2/c1-12-4-5-18(31)14(3)20(12)30-21(25)19(17-9-15(24)10-26-22(17)30)23(32)28-6-7-29-16(11-28)8-13(2)27-29/h4-5,8-10,31H,6-7,11,25H2,1-3H3. The molecule has 1 aromatic carbocycles. The van der Waals surface area contributed by atoms with E-state index in [1.165, 1.54) is 6.20 Å². The third-order valence-corrected chi connectivity index (χ3v) is 6.27. The molecule has 4 heterocycles. The minimum absolute atomic E-state index is 0.147. The molecule has 8 nitrogen and oxygen atoms in total. The van der Waals surface area contributed by atoms with Crippen molar-refractivity contribution in [3.8, 4) is 11.4 Å². The fraction of sp³-hybridized carbons (Fsp3) is 0.261. The Kier molecular flexibility index (Phi) is 4.63. The minimum Gasteiger partial charge on any atom is -0.508 e. The zero-order valence-electron chi connectivity index (χ0n) is 18.1. The fourth-order valence-corrected chi connectivity index (χ4v) is 4.68. The first-order valence-electron chi connectivity index (χ1n) is 10.3. The van der Waals surface area contributed by atoms with Gasteiger partial charge >= 0.3 is 0 Å². The summed E-state index contributed by atoms with van der Waals surface area (Å²) in [5.74, 6) is 0.232. The van der Waals surface area contributed by atoms with Crippen molar-refractivity contribution in [3.05, 3.63) is 63.6 Å². The SMILES string of the molecule is Cc1cc2n(n1)CCN(C(=O)c1c(N)n(-c3c(C)ccc(O)c3C)c3ncc(Cl)cc13)C2. The number of pyridine rings is 1. The largest absolute Gasteiger partial charge is 0.508 e. The fourth-order valence-electron chi connectivity index (χ4n) is 4.52. The van der Waals surface area contributed by atoms with Gasteiger partial charge in [-0.15, -0.1) is 0 Å². The van der Waals surface area contributed by atoms with Crippen LogP contribution in [0.15, 0.2) is 30.5 Å². The quantitative estimate of drug-likeness (QED) is 0.484. The first-order chi connectivity index (χ1) is 15.3. The van der Waals surface area contributed by atoms with Gasteiger partial charge in [0.05, 0.1) is 40.8 Å². The number of carbonyl (C=O) groups is 1. The van der Waals surface area contributed by atoms with Gasteiger partial charge in [-0.2, -0.15) is 5.10 Å². The lowest BCUT2D eigenvalue weighted by Gasteiger charge is -2.27. The van der Waals surface area contributed by atoms with Crippen LogP contribution in [-0.4, -0.2) is 41.8 Å². The van der Waals surface area contributed by atoms with Crippen LogP contribution in [0, 0.1) is 20.8 Å². The molecule has 0 saturated heterocycles. The van der Waals surface area contributed by atoms with Crippen LogP contribution in [0.25, 0.3) is 16.7 Å². The van der Waals surface area contributed by atoms with E-state index in [2.05, 4.69) is 10.1 Å². The van der Waals surface area contributed by atoms with E-state index in [0.29, 0.717) is 52.5 Å². The second kappa shape index (κ2) is 7.27. The number of hydrogen-bond donors (Lipinski definition) is 2. The van der Waals surface area contributed by atoms with Crippen molar-refractivity contribution in [2.45, 2.75) is 33.9 Å². The highest BCUT2D eigenvalue weighted by Crippen LogP contribution is 2.37. The van der Waals surface area contributed by atoms with Crippen molar-refractivity contribution in [1.29, 1.82) is 0 Å². The number of nitrogens with zero attached hydrogens (tertiary/aromatic N) is 5. The van der Waals surface area contributed by atoms with Gasteiger partial charge in [0.2, 0.25) is 0 Å². The number of phenolic OH excluding ortho intramolecular Hbond substituents is 1. The Morgan fingerprint density at radius 2 is 1.97 bits per heavy atom. The normalized spacial score (nSPS) is 13.6. The first kappa shape index (κ1) is 20.4. The number of aromatic nitrogens is 4. The molecule has 1 amide bonds. The second-order valence-electron chi connectivity index (χ2n) is 8.22. The van der Waals surface area contributed by atoms with Gasteiger partial charge in [0.1, 0.15) is 17.2 Å². The zero-order valence-corrected chi connectivity index (χ0v) is 18.8. The predicted octanol–water partition coefficient (Wildman–Crippen LogP) is 3.74. The van der Waals surface area contributed by atoms with Crippen molar-refractivity contribution in [3.63, 3.8) is 0 Å². The molecule has 0 aliphatic carbocycles. The summed E-state index contributed by atoms with van der Waals surface area (Å²) in [4.78, 5) is 20.0. The van der Waals surface area contributed by atoms with Crippen LogP contribution in [-0.2, 0) is 13.1 Å². The molecule has 5 rings (SSSR count). The van der Waals surface area contributed by atoms with Gasteiger partial charge in [0, 0.05) is 23.7 Å². The Bertz CT molecular complexity index is 1400. The van der Waals surface area contributed by atoms with Crippen molar-refractivity contribution < 1.29 is 9.90 Å². The lowest BCUT2D eigenvalue weighted by atomic mass is 10.1. The number of carbonyl (C=O) groups excluding carboxylic acids is 1. The van der Waals surface area contributed by atoms with Gasteiger partial charge in [-0.25, -0.2) is 4.98 Å². The van der Waals surface area contributed by atoms with Gasteiger partial charge in [0.25, 0.3) is 5.91 Å². The Labute approximate surface area is 189 Å². The molecular weight excluding hydrogens is 428 g/mol. The number of benzene rings is 1. The summed E-state index contributed by atoms with van der Waals surface area (Å²) >= 11 is 6.26. The van der Waals surface area contributed by atoms with Gasteiger partial charge < -0.3 is 15.7 Å². The summed E-state index contributed by atoms with van der Waals surface area (Å²) in [6.45, 7) is 7.28. The van der Waals surface area contributed by atoms with Crippen LogP contribution < -0.4 is 5.73 Å². The predicted molar refractivity (Wildman–Crippen MR) is 123 cm³/mol. The number of amides is 1. The number of nitrogens with two attached hydrogens (primary N) is 1. The maximum atomic E-state index is 13.7. The number of fused-ring (bicyclic) bond motifs is 2. The number of hydrogen-bond acceptors (Lipinski definition) is 5. The summed E-state index contributed by atoms with van der Waals surface area (Å²) in [5, 5.41) is 15.8. The number of anilines is 1. The summed E-state index contributed by atoms with van der Waals surface area (Å²) in [6, 6.07) is 7.17. The van der Waals surface area contributed by atoms with Crippen LogP contribution in [0.5, 0.6) is 5.75 Å². The van der Waals surface area contributed by atoms with Gasteiger partial charge in [-0.1, -0.05) is 17.7 Å². The van der Waals surface area contributed by atoms with Crippen LogP contribution in [0.4, 0.5) is 5.82 Å². The number of aryl methyl sites for hydroxylation is 2. The highest BCUT2D eigenvalue weighted by atomic mass is 35.5. The molecule has 0 spiro atoms. The Balaban J connectivity index is 1.70. The molecule has 0 atom stereocenters. The number of rotatable bonds is 2. The van der Waals surface area contributed by atoms with E-state index in [4.69, 9.17) is 17.3 Å². The highest BCUT2D eigenvalue weighted by molar-refractivity contribution is 6.31. The summed E-state index contributed by atoms with van der Waals surface area (Å²) in [5.41, 5.74) is 11.7. The molecule has 0 fully saturated rings. The van der Waals surface area contributed by atoms with Crippen molar-refractivity contribution in [2.75, 3.05) is 12.3 Å².